The zero-order valence-electron chi connectivity index (χ0n) is 6.77. The van der Waals surface area contributed by atoms with E-state index in [1.165, 1.54) is 0 Å². The first-order valence-electron chi connectivity index (χ1n) is 3.52. The Labute approximate surface area is 73.9 Å². The van der Waals surface area contributed by atoms with Gasteiger partial charge in [0.25, 0.3) is 0 Å². The third-order valence-corrected chi connectivity index (χ3v) is 1.22. The number of hydrogen-bond donors (Lipinski definition) is 4. The van der Waals surface area contributed by atoms with Crippen molar-refractivity contribution in [1.82, 2.24) is 5.48 Å². The summed E-state index contributed by atoms with van der Waals surface area (Å²) in [5.74, 6) is -3.65. The van der Waals surface area contributed by atoms with Gasteiger partial charge in [-0.1, -0.05) is 0 Å². The highest BCUT2D eigenvalue weighted by Crippen LogP contribution is 1.97. The molecule has 76 valence electrons. The quantitative estimate of drug-likeness (QED) is 0.371. The standard InChI is InChI=1S/C4H9NO2.C2H2O4/c6-3-4-1-2-7-5-4;3-1(4)2(5)6/h4-6H,1-3H2;(H,3,4)(H,5,6). The first-order chi connectivity index (χ1) is 6.07. The number of aliphatic hydroxyl groups is 1. The van der Waals surface area contributed by atoms with Gasteiger partial charge < -0.3 is 20.2 Å². The molecule has 0 aromatic heterocycles. The van der Waals surface area contributed by atoms with Crippen LogP contribution in [0.1, 0.15) is 6.42 Å². The molecule has 0 aromatic rings. The summed E-state index contributed by atoms with van der Waals surface area (Å²) in [6, 6.07) is 0.181. The molecule has 1 aliphatic heterocycles. The topological polar surface area (TPSA) is 116 Å². The number of carboxylic acids is 2. The lowest BCUT2D eigenvalue weighted by molar-refractivity contribution is -0.159. The third kappa shape index (κ3) is 6.02. The van der Waals surface area contributed by atoms with E-state index < -0.39 is 11.9 Å². The summed E-state index contributed by atoms with van der Waals surface area (Å²) < 4.78 is 0. The Bertz CT molecular complexity index is 164. The van der Waals surface area contributed by atoms with E-state index in [2.05, 4.69) is 5.48 Å². The average Bonchev–Trinajstić information content (AvgIpc) is 2.56. The van der Waals surface area contributed by atoms with Crippen LogP contribution in [0.2, 0.25) is 0 Å². The zero-order valence-corrected chi connectivity index (χ0v) is 6.77. The van der Waals surface area contributed by atoms with Crippen molar-refractivity contribution in [2.45, 2.75) is 12.5 Å². The van der Waals surface area contributed by atoms with Crippen LogP contribution in [-0.2, 0) is 14.4 Å². The molecule has 1 aliphatic rings. The third-order valence-electron chi connectivity index (χ3n) is 1.22. The monoisotopic (exact) mass is 193 g/mol. The van der Waals surface area contributed by atoms with Crippen LogP contribution in [0.25, 0.3) is 0 Å². The van der Waals surface area contributed by atoms with Crippen LogP contribution >= 0.6 is 0 Å². The molecule has 1 atom stereocenters. The lowest BCUT2D eigenvalue weighted by Gasteiger charge is -1.99. The van der Waals surface area contributed by atoms with Crippen molar-refractivity contribution in [2.75, 3.05) is 13.2 Å². The number of aliphatic hydroxyl groups excluding tert-OH is 1. The summed E-state index contributed by atoms with van der Waals surface area (Å²) in [4.78, 5) is 22.9. The summed E-state index contributed by atoms with van der Waals surface area (Å²) in [6.45, 7) is 0.908. The molecule has 0 aromatic carbocycles. The molecule has 1 rings (SSSR count). The molecule has 1 heterocycles. The molecule has 4 N–H and O–H groups in total. The van der Waals surface area contributed by atoms with Gasteiger partial charge in [0.05, 0.1) is 19.3 Å². The molecule has 0 saturated carbocycles. The largest absolute Gasteiger partial charge is 0.473 e. The molecule has 7 heteroatoms. The molecule has 0 bridgehead atoms. The predicted octanol–water partition coefficient (Wildman–Crippen LogP) is -1.57. The van der Waals surface area contributed by atoms with Crippen molar-refractivity contribution < 1.29 is 29.7 Å². The molecule has 0 amide bonds. The van der Waals surface area contributed by atoms with E-state index in [1.54, 1.807) is 0 Å². The minimum Gasteiger partial charge on any atom is -0.473 e. The smallest absolute Gasteiger partial charge is 0.414 e. The number of hydroxylamine groups is 1. The maximum Gasteiger partial charge on any atom is 0.414 e. The van der Waals surface area contributed by atoms with Gasteiger partial charge in [-0.3, -0.25) is 0 Å². The Morgan fingerprint density at radius 1 is 1.38 bits per heavy atom. The van der Waals surface area contributed by atoms with Gasteiger partial charge in [0.15, 0.2) is 0 Å². The van der Waals surface area contributed by atoms with Crippen LogP contribution in [-0.4, -0.2) is 46.5 Å². The van der Waals surface area contributed by atoms with Crippen molar-refractivity contribution >= 4 is 11.9 Å². The first-order valence-corrected chi connectivity index (χ1v) is 3.52. The van der Waals surface area contributed by atoms with Crippen molar-refractivity contribution in [2.24, 2.45) is 0 Å². The van der Waals surface area contributed by atoms with Gasteiger partial charge in [-0.25, -0.2) is 9.59 Å². The van der Waals surface area contributed by atoms with Crippen LogP contribution in [0, 0.1) is 0 Å². The maximum absolute atomic E-state index is 9.10. The van der Waals surface area contributed by atoms with Crippen LogP contribution < -0.4 is 5.48 Å². The second-order valence-corrected chi connectivity index (χ2v) is 2.24. The second kappa shape index (κ2) is 6.35. The number of carbonyl (C=O) groups is 2. The zero-order chi connectivity index (χ0) is 10.3. The Balaban J connectivity index is 0.000000226. The minimum atomic E-state index is -1.82. The highest BCUT2D eigenvalue weighted by atomic mass is 16.7. The van der Waals surface area contributed by atoms with Crippen LogP contribution in [0.3, 0.4) is 0 Å². The molecule has 0 aliphatic carbocycles. The fourth-order valence-corrected chi connectivity index (χ4v) is 0.565. The van der Waals surface area contributed by atoms with Gasteiger partial charge in [0, 0.05) is 0 Å². The average molecular weight is 193 g/mol. The number of hydrogen-bond acceptors (Lipinski definition) is 5. The molecule has 0 radical (unpaired) electrons. The molecule has 1 unspecified atom stereocenters. The maximum atomic E-state index is 9.10. The van der Waals surface area contributed by atoms with Crippen molar-refractivity contribution in [1.29, 1.82) is 0 Å². The fraction of sp³-hybridized carbons (Fsp3) is 0.667. The Morgan fingerprint density at radius 3 is 2.08 bits per heavy atom. The summed E-state index contributed by atoms with van der Waals surface area (Å²) in [5, 5.41) is 23.2. The molecular formula is C6H11NO6. The Kier molecular flexibility index (Phi) is 5.77. The number of nitrogens with one attached hydrogen (secondary N) is 1. The number of rotatable bonds is 1. The summed E-state index contributed by atoms with van der Waals surface area (Å²) in [5.41, 5.74) is 2.66. The second-order valence-electron chi connectivity index (χ2n) is 2.24. The highest BCUT2D eigenvalue weighted by Gasteiger charge is 2.11. The molecule has 1 fully saturated rings. The summed E-state index contributed by atoms with van der Waals surface area (Å²) in [7, 11) is 0. The van der Waals surface area contributed by atoms with Gasteiger partial charge in [0.1, 0.15) is 0 Å². The lowest BCUT2D eigenvalue weighted by atomic mass is 10.3. The number of carboxylic acid groups (broad SMARTS) is 2. The molecule has 0 spiro atoms. The molecule has 13 heavy (non-hydrogen) atoms. The lowest BCUT2D eigenvalue weighted by Crippen LogP contribution is -2.23. The minimum absolute atomic E-state index is 0.181. The molecule has 1 saturated heterocycles. The normalized spacial score (nSPS) is 20.2. The van der Waals surface area contributed by atoms with Crippen LogP contribution in [0.5, 0.6) is 0 Å². The SMILES string of the molecule is O=C(O)C(=O)O.OCC1CCON1. The summed E-state index contributed by atoms with van der Waals surface area (Å²) in [6.07, 6.45) is 0.927. The van der Waals surface area contributed by atoms with Crippen LogP contribution in [0.4, 0.5) is 0 Å². The van der Waals surface area contributed by atoms with Gasteiger partial charge in [-0.15, -0.1) is 0 Å². The Hall–Kier alpha value is -1.18. The van der Waals surface area contributed by atoms with Gasteiger partial charge in [-0.2, -0.15) is 5.48 Å². The first kappa shape index (κ1) is 11.8. The molecule has 7 nitrogen and oxygen atoms in total. The molecular weight excluding hydrogens is 182 g/mol. The fourth-order valence-electron chi connectivity index (χ4n) is 0.565. The van der Waals surface area contributed by atoms with E-state index in [1.807, 2.05) is 0 Å². The van der Waals surface area contributed by atoms with Gasteiger partial charge in [-0.05, 0) is 6.42 Å². The van der Waals surface area contributed by atoms with E-state index in [0.29, 0.717) is 0 Å². The van der Waals surface area contributed by atoms with E-state index >= 15 is 0 Å². The summed E-state index contributed by atoms with van der Waals surface area (Å²) >= 11 is 0. The Morgan fingerprint density at radius 2 is 1.92 bits per heavy atom. The number of aliphatic carboxylic acids is 2. The highest BCUT2D eigenvalue weighted by molar-refractivity contribution is 6.27. The van der Waals surface area contributed by atoms with E-state index in [9.17, 15) is 0 Å². The van der Waals surface area contributed by atoms with Gasteiger partial charge in [0.2, 0.25) is 0 Å². The van der Waals surface area contributed by atoms with E-state index in [0.717, 1.165) is 13.0 Å². The van der Waals surface area contributed by atoms with Crippen molar-refractivity contribution in [3.05, 3.63) is 0 Å². The van der Waals surface area contributed by atoms with Crippen molar-refractivity contribution in [3.63, 3.8) is 0 Å². The van der Waals surface area contributed by atoms with E-state index in [-0.39, 0.29) is 12.6 Å². The van der Waals surface area contributed by atoms with Crippen molar-refractivity contribution in [3.8, 4) is 0 Å². The predicted molar refractivity (Wildman–Crippen MR) is 39.9 cm³/mol. The van der Waals surface area contributed by atoms with Crippen LogP contribution in [0.15, 0.2) is 0 Å². The van der Waals surface area contributed by atoms with Gasteiger partial charge >= 0.3 is 11.9 Å². The van der Waals surface area contributed by atoms with E-state index in [4.69, 9.17) is 29.7 Å².